The number of carboxylic acid groups (broad SMARTS) is 1. The lowest BCUT2D eigenvalue weighted by Gasteiger charge is -2.17. The molecule has 2 aromatic rings. The topological polar surface area (TPSA) is 55.8 Å². The van der Waals surface area contributed by atoms with Crippen LogP contribution >= 0.6 is 0 Å². The number of carbonyl (C=O) groups is 1. The zero-order chi connectivity index (χ0) is 17.5. The first kappa shape index (κ1) is 17.9. The van der Waals surface area contributed by atoms with Crippen LogP contribution < -0.4 is 9.47 Å². The number of aliphatic carboxylic acids is 1. The summed E-state index contributed by atoms with van der Waals surface area (Å²) in [6, 6.07) is 14.9. The molecule has 0 aliphatic rings. The molecular formula is C20H24O4. The van der Waals surface area contributed by atoms with E-state index in [0.717, 1.165) is 11.3 Å². The van der Waals surface area contributed by atoms with E-state index in [1.165, 1.54) is 0 Å². The minimum atomic E-state index is -0.868. The molecule has 128 valence electrons. The number of ether oxygens (including phenoxy) is 2. The third-order valence-electron chi connectivity index (χ3n) is 3.73. The average molecular weight is 328 g/mol. The van der Waals surface area contributed by atoms with Crippen LogP contribution in [0.5, 0.6) is 11.5 Å². The van der Waals surface area contributed by atoms with Crippen LogP contribution in [-0.4, -0.2) is 24.8 Å². The fraction of sp³-hybridized carbons (Fsp3) is 0.350. The Balaban J connectivity index is 2.22. The van der Waals surface area contributed by atoms with Gasteiger partial charge in [0.1, 0.15) is 11.5 Å². The van der Waals surface area contributed by atoms with Crippen molar-refractivity contribution < 1.29 is 19.4 Å². The van der Waals surface area contributed by atoms with Gasteiger partial charge >= 0.3 is 5.97 Å². The highest BCUT2D eigenvalue weighted by atomic mass is 16.5. The van der Waals surface area contributed by atoms with Crippen molar-refractivity contribution in [3.05, 3.63) is 59.7 Å². The maximum absolute atomic E-state index is 11.8. The Morgan fingerprint density at radius 3 is 2.54 bits per heavy atom. The zero-order valence-corrected chi connectivity index (χ0v) is 14.4. The number of benzene rings is 2. The summed E-state index contributed by atoms with van der Waals surface area (Å²) in [6.45, 7) is 4.82. The molecule has 0 spiro atoms. The number of methoxy groups -OCH3 is 1. The molecular weight excluding hydrogens is 304 g/mol. The van der Waals surface area contributed by atoms with Gasteiger partial charge in [-0.25, -0.2) is 0 Å². The first-order chi connectivity index (χ1) is 11.5. The standard InChI is InChI=1S/C20H24O4/c1-14(2)13-24-16-8-6-7-15(11-16)12-18(20(21)22)17-9-4-5-10-19(17)23-3/h4-11,14,18H,12-13H2,1-3H3,(H,21,22). The van der Waals surface area contributed by atoms with Crippen LogP contribution in [0.1, 0.15) is 30.9 Å². The van der Waals surface area contributed by atoms with Gasteiger partial charge in [-0.3, -0.25) is 4.79 Å². The second kappa shape index (κ2) is 8.39. The van der Waals surface area contributed by atoms with Gasteiger partial charge in [0.2, 0.25) is 0 Å². The van der Waals surface area contributed by atoms with E-state index in [0.29, 0.717) is 30.3 Å². The van der Waals surface area contributed by atoms with Gasteiger partial charge < -0.3 is 14.6 Å². The van der Waals surface area contributed by atoms with Crippen molar-refractivity contribution in [1.82, 2.24) is 0 Å². The maximum Gasteiger partial charge on any atom is 0.311 e. The minimum Gasteiger partial charge on any atom is -0.496 e. The molecule has 0 radical (unpaired) electrons. The normalized spacial score (nSPS) is 12.0. The Labute approximate surface area is 143 Å². The third-order valence-corrected chi connectivity index (χ3v) is 3.73. The molecule has 0 aliphatic carbocycles. The molecule has 0 fully saturated rings. The molecule has 0 heterocycles. The fourth-order valence-electron chi connectivity index (χ4n) is 2.55. The first-order valence-electron chi connectivity index (χ1n) is 8.08. The molecule has 1 unspecified atom stereocenters. The summed E-state index contributed by atoms with van der Waals surface area (Å²) >= 11 is 0. The average Bonchev–Trinajstić information content (AvgIpc) is 2.58. The van der Waals surface area contributed by atoms with Crippen molar-refractivity contribution >= 4 is 5.97 Å². The number of hydrogen-bond acceptors (Lipinski definition) is 3. The van der Waals surface area contributed by atoms with E-state index in [1.54, 1.807) is 19.2 Å². The second-order valence-electron chi connectivity index (χ2n) is 6.19. The van der Waals surface area contributed by atoms with E-state index in [2.05, 4.69) is 13.8 Å². The lowest BCUT2D eigenvalue weighted by atomic mass is 9.91. The molecule has 4 heteroatoms. The third kappa shape index (κ3) is 4.75. The number of para-hydroxylation sites is 1. The van der Waals surface area contributed by atoms with Crippen LogP contribution in [0.3, 0.4) is 0 Å². The molecule has 4 nitrogen and oxygen atoms in total. The molecule has 0 aromatic heterocycles. The van der Waals surface area contributed by atoms with Gasteiger partial charge in [-0.15, -0.1) is 0 Å². The van der Waals surface area contributed by atoms with Crippen LogP contribution in [-0.2, 0) is 11.2 Å². The van der Waals surface area contributed by atoms with Gasteiger partial charge in [-0.05, 0) is 36.1 Å². The van der Waals surface area contributed by atoms with Crippen LogP contribution in [0.15, 0.2) is 48.5 Å². The van der Waals surface area contributed by atoms with Gasteiger partial charge in [-0.1, -0.05) is 44.2 Å². The van der Waals surface area contributed by atoms with E-state index < -0.39 is 11.9 Å². The van der Waals surface area contributed by atoms with Crippen molar-refractivity contribution in [2.45, 2.75) is 26.2 Å². The summed E-state index contributed by atoms with van der Waals surface area (Å²) in [6.07, 6.45) is 0.384. The molecule has 2 aromatic carbocycles. The van der Waals surface area contributed by atoms with E-state index in [4.69, 9.17) is 9.47 Å². The van der Waals surface area contributed by atoms with E-state index >= 15 is 0 Å². The van der Waals surface area contributed by atoms with Gasteiger partial charge in [-0.2, -0.15) is 0 Å². The quantitative estimate of drug-likeness (QED) is 0.791. The molecule has 24 heavy (non-hydrogen) atoms. The van der Waals surface area contributed by atoms with Crippen molar-refractivity contribution in [1.29, 1.82) is 0 Å². The lowest BCUT2D eigenvalue weighted by molar-refractivity contribution is -0.138. The summed E-state index contributed by atoms with van der Waals surface area (Å²) in [7, 11) is 1.55. The highest BCUT2D eigenvalue weighted by Crippen LogP contribution is 2.30. The molecule has 0 aliphatic heterocycles. The van der Waals surface area contributed by atoms with E-state index in [9.17, 15) is 9.90 Å². The Kier molecular flexibility index (Phi) is 6.24. The molecule has 1 atom stereocenters. The van der Waals surface area contributed by atoms with Crippen molar-refractivity contribution in [2.24, 2.45) is 5.92 Å². The smallest absolute Gasteiger partial charge is 0.311 e. The van der Waals surface area contributed by atoms with Crippen molar-refractivity contribution in [3.8, 4) is 11.5 Å². The van der Waals surface area contributed by atoms with Gasteiger partial charge in [0, 0.05) is 5.56 Å². The first-order valence-corrected chi connectivity index (χ1v) is 8.08. The Morgan fingerprint density at radius 1 is 1.12 bits per heavy atom. The molecule has 0 saturated heterocycles. The van der Waals surface area contributed by atoms with Crippen LogP contribution in [0, 0.1) is 5.92 Å². The molecule has 0 bridgehead atoms. The number of hydrogen-bond donors (Lipinski definition) is 1. The predicted octanol–water partition coefficient (Wildman–Crippen LogP) is 4.14. The van der Waals surface area contributed by atoms with Gasteiger partial charge in [0.05, 0.1) is 19.6 Å². The van der Waals surface area contributed by atoms with Crippen LogP contribution in [0.25, 0.3) is 0 Å². The van der Waals surface area contributed by atoms with E-state index in [-0.39, 0.29) is 0 Å². The molecule has 1 N–H and O–H groups in total. The van der Waals surface area contributed by atoms with Crippen LogP contribution in [0.4, 0.5) is 0 Å². The SMILES string of the molecule is COc1ccccc1C(Cc1cccc(OCC(C)C)c1)C(=O)O. The fourth-order valence-corrected chi connectivity index (χ4v) is 2.55. The zero-order valence-electron chi connectivity index (χ0n) is 14.4. The molecule has 0 amide bonds. The second-order valence-corrected chi connectivity index (χ2v) is 6.19. The number of carboxylic acids is 1. The summed E-state index contributed by atoms with van der Waals surface area (Å²) in [5.74, 6) is 0.269. The Bertz CT molecular complexity index is 679. The largest absolute Gasteiger partial charge is 0.496 e. The molecule has 2 rings (SSSR count). The monoisotopic (exact) mass is 328 g/mol. The highest BCUT2D eigenvalue weighted by Gasteiger charge is 2.23. The van der Waals surface area contributed by atoms with Crippen molar-refractivity contribution in [3.63, 3.8) is 0 Å². The minimum absolute atomic E-state index is 0.384. The van der Waals surface area contributed by atoms with Crippen molar-refractivity contribution in [2.75, 3.05) is 13.7 Å². The summed E-state index contributed by atoms with van der Waals surface area (Å²) in [4.78, 5) is 11.8. The van der Waals surface area contributed by atoms with Crippen LogP contribution in [0.2, 0.25) is 0 Å². The summed E-state index contributed by atoms with van der Waals surface area (Å²) in [5, 5.41) is 9.67. The molecule has 0 saturated carbocycles. The van der Waals surface area contributed by atoms with Gasteiger partial charge in [0.25, 0.3) is 0 Å². The maximum atomic E-state index is 11.8. The van der Waals surface area contributed by atoms with E-state index in [1.807, 2.05) is 36.4 Å². The highest BCUT2D eigenvalue weighted by molar-refractivity contribution is 5.77. The Hall–Kier alpha value is -2.49. The van der Waals surface area contributed by atoms with Gasteiger partial charge in [0.15, 0.2) is 0 Å². The lowest BCUT2D eigenvalue weighted by Crippen LogP contribution is -2.15. The predicted molar refractivity (Wildman–Crippen MR) is 93.8 cm³/mol. The Morgan fingerprint density at radius 2 is 1.88 bits per heavy atom. The summed E-state index contributed by atoms with van der Waals surface area (Å²) < 4.78 is 11.0. The summed E-state index contributed by atoms with van der Waals surface area (Å²) in [5.41, 5.74) is 1.61. The number of rotatable bonds is 8.